The van der Waals surface area contributed by atoms with Gasteiger partial charge in [0, 0.05) is 25.4 Å². The average Bonchev–Trinajstić information content (AvgIpc) is 2.57. The largest absolute Gasteiger partial charge is 0.356 e. The van der Waals surface area contributed by atoms with E-state index in [1.165, 1.54) is 12.8 Å². The molecule has 1 fully saturated rings. The summed E-state index contributed by atoms with van der Waals surface area (Å²) in [4.78, 5) is 26.2. The minimum atomic E-state index is -0.0187. The normalized spacial score (nSPS) is 24.0. The summed E-state index contributed by atoms with van der Waals surface area (Å²) < 4.78 is 0. The van der Waals surface area contributed by atoms with E-state index in [2.05, 4.69) is 43.2 Å². The Hall–Kier alpha value is -1.10. The van der Waals surface area contributed by atoms with Crippen molar-refractivity contribution in [3.8, 4) is 0 Å². The highest BCUT2D eigenvalue weighted by Gasteiger charge is 2.27. The molecule has 1 aliphatic carbocycles. The molecule has 0 aromatic carbocycles. The number of amides is 2. The van der Waals surface area contributed by atoms with Crippen molar-refractivity contribution in [3.05, 3.63) is 0 Å². The maximum absolute atomic E-state index is 12.1. The zero-order valence-corrected chi connectivity index (χ0v) is 16.1. The number of nitrogens with zero attached hydrogens (tertiary/aromatic N) is 1. The molecule has 0 aromatic heterocycles. The van der Waals surface area contributed by atoms with E-state index >= 15 is 0 Å². The van der Waals surface area contributed by atoms with Crippen LogP contribution in [0.15, 0.2) is 0 Å². The molecule has 0 aromatic rings. The van der Waals surface area contributed by atoms with Crippen molar-refractivity contribution < 1.29 is 9.59 Å². The van der Waals surface area contributed by atoms with Gasteiger partial charge in [0.2, 0.25) is 11.8 Å². The van der Waals surface area contributed by atoms with Crippen LogP contribution in [0.25, 0.3) is 0 Å². The molecule has 5 nitrogen and oxygen atoms in total. The predicted octanol–water partition coefficient (Wildman–Crippen LogP) is 2.56. The molecule has 24 heavy (non-hydrogen) atoms. The molecule has 140 valence electrons. The van der Waals surface area contributed by atoms with Crippen molar-refractivity contribution >= 4 is 11.8 Å². The monoisotopic (exact) mass is 339 g/mol. The lowest BCUT2D eigenvalue weighted by Crippen LogP contribution is -2.44. The highest BCUT2D eigenvalue weighted by atomic mass is 16.2. The van der Waals surface area contributed by atoms with Gasteiger partial charge in [-0.1, -0.05) is 40.5 Å². The van der Waals surface area contributed by atoms with Gasteiger partial charge in [-0.15, -0.1) is 0 Å². The van der Waals surface area contributed by atoms with Gasteiger partial charge in [-0.05, 0) is 44.3 Å². The number of nitrogens with one attached hydrogen (secondary N) is 2. The van der Waals surface area contributed by atoms with Crippen LogP contribution in [0.4, 0.5) is 0 Å². The molecule has 0 heterocycles. The first-order chi connectivity index (χ1) is 11.5. The fourth-order valence-corrected chi connectivity index (χ4v) is 3.45. The minimum absolute atomic E-state index is 0.0132. The van der Waals surface area contributed by atoms with Crippen molar-refractivity contribution in [1.29, 1.82) is 0 Å². The smallest absolute Gasteiger partial charge is 0.220 e. The van der Waals surface area contributed by atoms with Gasteiger partial charge in [-0.2, -0.15) is 0 Å². The second-order valence-electron chi connectivity index (χ2n) is 7.17. The molecule has 2 N–H and O–H groups in total. The third-order valence-corrected chi connectivity index (χ3v) is 5.50. The number of hydrogen-bond donors (Lipinski definition) is 2. The first kappa shape index (κ1) is 20.9. The van der Waals surface area contributed by atoms with E-state index in [0.717, 1.165) is 32.5 Å². The van der Waals surface area contributed by atoms with E-state index in [4.69, 9.17) is 0 Å². The SMILES string of the molecule is CCN(CC)CCCNC(=O)CCC(=O)N[C@@H]1CCC[C@@H](C)[C@@H]1C. The molecule has 1 saturated carbocycles. The third kappa shape index (κ3) is 7.65. The summed E-state index contributed by atoms with van der Waals surface area (Å²) in [5.41, 5.74) is 0. The predicted molar refractivity (Wildman–Crippen MR) is 98.8 cm³/mol. The van der Waals surface area contributed by atoms with Crippen LogP contribution in [0.2, 0.25) is 0 Å². The van der Waals surface area contributed by atoms with Crippen molar-refractivity contribution in [1.82, 2.24) is 15.5 Å². The first-order valence-electron chi connectivity index (χ1n) is 9.76. The van der Waals surface area contributed by atoms with E-state index in [1.54, 1.807) is 0 Å². The van der Waals surface area contributed by atoms with Crippen LogP contribution in [0.5, 0.6) is 0 Å². The fourth-order valence-electron chi connectivity index (χ4n) is 3.45. The van der Waals surface area contributed by atoms with Gasteiger partial charge in [0.05, 0.1) is 0 Å². The Balaban J connectivity index is 2.14. The average molecular weight is 340 g/mol. The Bertz CT molecular complexity index is 383. The van der Waals surface area contributed by atoms with Crippen LogP contribution in [0, 0.1) is 11.8 Å². The summed E-state index contributed by atoms with van der Waals surface area (Å²) in [6.45, 7) is 12.6. The van der Waals surface area contributed by atoms with Crippen LogP contribution in [-0.2, 0) is 9.59 Å². The summed E-state index contributed by atoms with van der Waals surface area (Å²) in [7, 11) is 0. The standard InChI is InChI=1S/C19H37N3O2/c1-5-22(6-2)14-8-13-20-18(23)11-12-19(24)21-17-10-7-9-15(3)16(17)4/h15-17H,5-14H2,1-4H3,(H,20,23)(H,21,24)/t15-,16+,17-/m1/s1. The van der Waals surface area contributed by atoms with Gasteiger partial charge >= 0.3 is 0 Å². The van der Waals surface area contributed by atoms with Crippen LogP contribution in [-0.4, -0.2) is 48.9 Å². The Morgan fingerprint density at radius 2 is 1.71 bits per heavy atom. The number of carbonyl (C=O) groups excluding carboxylic acids is 2. The number of carbonyl (C=O) groups is 2. The minimum Gasteiger partial charge on any atom is -0.356 e. The number of rotatable bonds is 10. The molecule has 0 unspecified atom stereocenters. The third-order valence-electron chi connectivity index (χ3n) is 5.50. The molecular weight excluding hydrogens is 302 g/mol. The van der Waals surface area contributed by atoms with E-state index in [0.29, 0.717) is 24.8 Å². The molecule has 1 rings (SSSR count). The molecule has 5 heteroatoms. The van der Waals surface area contributed by atoms with E-state index in [9.17, 15) is 9.59 Å². The quantitative estimate of drug-likeness (QED) is 0.601. The number of hydrogen-bond acceptors (Lipinski definition) is 3. The molecular formula is C19H37N3O2. The van der Waals surface area contributed by atoms with E-state index in [1.807, 2.05) is 0 Å². The highest BCUT2D eigenvalue weighted by Crippen LogP contribution is 2.29. The highest BCUT2D eigenvalue weighted by molar-refractivity contribution is 5.83. The Kier molecular flexibility index (Phi) is 9.99. The summed E-state index contributed by atoms with van der Waals surface area (Å²) >= 11 is 0. The van der Waals surface area contributed by atoms with Gasteiger partial charge < -0.3 is 15.5 Å². The van der Waals surface area contributed by atoms with Crippen molar-refractivity contribution in [2.75, 3.05) is 26.2 Å². The zero-order valence-electron chi connectivity index (χ0n) is 16.1. The lowest BCUT2D eigenvalue weighted by atomic mass is 9.78. The molecule has 1 aliphatic rings. The van der Waals surface area contributed by atoms with E-state index < -0.39 is 0 Å². The summed E-state index contributed by atoms with van der Waals surface area (Å²) in [5, 5.41) is 6.04. The van der Waals surface area contributed by atoms with Crippen molar-refractivity contribution in [2.24, 2.45) is 11.8 Å². The summed E-state index contributed by atoms with van der Waals surface area (Å²) in [5.74, 6) is 1.18. The molecule has 3 atom stereocenters. The van der Waals surface area contributed by atoms with Crippen molar-refractivity contribution in [2.45, 2.75) is 72.3 Å². The van der Waals surface area contributed by atoms with Gasteiger partial charge in [-0.25, -0.2) is 0 Å². The van der Waals surface area contributed by atoms with Crippen LogP contribution in [0.3, 0.4) is 0 Å². The zero-order chi connectivity index (χ0) is 17.9. The molecule has 0 radical (unpaired) electrons. The molecule has 0 spiro atoms. The van der Waals surface area contributed by atoms with Crippen LogP contribution < -0.4 is 10.6 Å². The topological polar surface area (TPSA) is 61.4 Å². The molecule has 0 saturated heterocycles. The van der Waals surface area contributed by atoms with Crippen molar-refractivity contribution in [3.63, 3.8) is 0 Å². The maximum atomic E-state index is 12.1. The Morgan fingerprint density at radius 3 is 2.38 bits per heavy atom. The summed E-state index contributed by atoms with van der Waals surface area (Å²) in [6, 6.07) is 0.276. The van der Waals surface area contributed by atoms with Gasteiger partial charge in [-0.3, -0.25) is 9.59 Å². The molecule has 0 aliphatic heterocycles. The maximum Gasteiger partial charge on any atom is 0.220 e. The second-order valence-corrected chi connectivity index (χ2v) is 7.17. The van der Waals surface area contributed by atoms with Crippen LogP contribution >= 0.6 is 0 Å². The molecule has 0 bridgehead atoms. The molecule has 2 amide bonds. The van der Waals surface area contributed by atoms with Gasteiger partial charge in [0.15, 0.2) is 0 Å². The second kappa shape index (κ2) is 11.5. The van der Waals surface area contributed by atoms with Gasteiger partial charge in [0.1, 0.15) is 0 Å². The Morgan fingerprint density at radius 1 is 1.04 bits per heavy atom. The lowest BCUT2D eigenvalue weighted by molar-refractivity contribution is -0.127. The van der Waals surface area contributed by atoms with E-state index in [-0.39, 0.29) is 24.3 Å². The fraction of sp³-hybridized carbons (Fsp3) is 0.895. The summed E-state index contributed by atoms with van der Waals surface area (Å²) in [6.07, 6.45) is 5.03. The van der Waals surface area contributed by atoms with Gasteiger partial charge in [0.25, 0.3) is 0 Å². The first-order valence-corrected chi connectivity index (χ1v) is 9.76. The Labute approximate surface area is 147 Å². The van der Waals surface area contributed by atoms with Crippen LogP contribution in [0.1, 0.15) is 66.2 Å². The lowest BCUT2D eigenvalue weighted by Gasteiger charge is -2.34.